The van der Waals surface area contributed by atoms with Gasteiger partial charge in [-0.25, -0.2) is 4.68 Å². The van der Waals surface area contributed by atoms with Crippen molar-refractivity contribution in [2.24, 2.45) is 0 Å². The summed E-state index contributed by atoms with van der Waals surface area (Å²) >= 11 is 0. The summed E-state index contributed by atoms with van der Waals surface area (Å²) in [5.41, 5.74) is 4.06. The van der Waals surface area contributed by atoms with E-state index in [-0.39, 0.29) is 5.91 Å². The number of aromatic nitrogens is 2. The molecule has 132 valence electrons. The number of rotatable bonds is 4. The smallest absolute Gasteiger partial charge is 0.246 e. The van der Waals surface area contributed by atoms with Gasteiger partial charge >= 0.3 is 0 Å². The molecule has 1 unspecified atom stereocenters. The highest BCUT2D eigenvalue weighted by molar-refractivity contribution is 5.92. The number of benzene rings is 1. The van der Waals surface area contributed by atoms with Crippen LogP contribution < -0.4 is 0 Å². The fourth-order valence-electron chi connectivity index (χ4n) is 3.68. The lowest BCUT2D eigenvalue weighted by atomic mass is 10.00. The van der Waals surface area contributed by atoms with E-state index in [1.54, 1.807) is 6.08 Å². The van der Waals surface area contributed by atoms with Crippen LogP contribution in [0, 0.1) is 13.8 Å². The van der Waals surface area contributed by atoms with Crippen molar-refractivity contribution in [3.63, 3.8) is 0 Å². The number of nitrogens with zero attached hydrogens (tertiary/aromatic N) is 3. The third kappa shape index (κ3) is 3.68. The molecule has 2 aromatic rings. The van der Waals surface area contributed by atoms with Gasteiger partial charge in [0.15, 0.2) is 0 Å². The zero-order chi connectivity index (χ0) is 17.8. The third-order valence-electron chi connectivity index (χ3n) is 5.12. The Hall–Kier alpha value is -2.36. The molecule has 0 spiro atoms. The van der Waals surface area contributed by atoms with Crippen molar-refractivity contribution in [3.05, 3.63) is 53.4 Å². The number of carbonyl (C=O) groups is 1. The number of hydrogen-bond donors (Lipinski definition) is 0. The largest absolute Gasteiger partial charge is 0.336 e. The first-order valence-electron chi connectivity index (χ1n) is 9.22. The van der Waals surface area contributed by atoms with Gasteiger partial charge in [-0.3, -0.25) is 4.79 Å². The van der Waals surface area contributed by atoms with Crippen molar-refractivity contribution in [2.45, 2.75) is 52.5 Å². The molecule has 1 aromatic heterocycles. The number of carbonyl (C=O) groups excluding carboxylic acids is 1. The molecule has 4 nitrogen and oxygen atoms in total. The van der Waals surface area contributed by atoms with Crippen LogP contribution in [-0.2, 0) is 4.79 Å². The van der Waals surface area contributed by atoms with Gasteiger partial charge in [-0.05, 0) is 57.7 Å². The lowest BCUT2D eigenvalue weighted by molar-refractivity contribution is -0.129. The molecule has 0 saturated carbocycles. The standard InChI is InChI=1S/C21H27N3O/c1-4-18-10-8-9-15-23(18)21(25)14-13-20-16(2)22-24(17(20)3)19-11-6-5-7-12-19/h5-7,11-14,18H,4,8-10,15H2,1-3H3/b14-13+. The van der Waals surface area contributed by atoms with Crippen molar-refractivity contribution < 1.29 is 4.79 Å². The van der Waals surface area contributed by atoms with Gasteiger partial charge in [0.05, 0.1) is 11.4 Å². The van der Waals surface area contributed by atoms with E-state index in [0.717, 1.165) is 48.4 Å². The molecule has 1 aliphatic heterocycles. The Balaban J connectivity index is 1.82. The third-order valence-corrected chi connectivity index (χ3v) is 5.12. The number of aryl methyl sites for hydroxylation is 1. The Morgan fingerprint density at radius 3 is 2.72 bits per heavy atom. The molecule has 0 N–H and O–H groups in total. The highest BCUT2D eigenvalue weighted by Crippen LogP contribution is 2.22. The molecular weight excluding hydrogens is 310 g/mol. The van der Waals surface area contributed by atoms with E-state index in [1.165, 1.54) is 6.42 Å². The van der Waals surface area contributed by atoms with E-state index in [2.05, 4.69) is 12.0 Å². The minimum absolute atomic E-state index is 0.123. The number of para-hydroxylation sites is 1. The quantitative estimate of drug-likeness (QED) is 0.781. The summed E-state index contributed by atoms with van der Waals surface area (Å²) in [5.74, 6) is 0.123. The van der Waals surface area contributed by atoms with E-state index in [0.29, 0.717) is 6.04 Å². The average Bonchev–Trinajstić information content (AvgIpc) is 2.94. The summed E-state index contributed by atoms with van der Waals surface area (Å²) in [6.45, 7) is 7.08. The van der Waals surface area contributed by atoms with E-state index < -0.39 is 0 Å². The molecule has 1 atom stereocenters. The fourth-order valence-corrected chi connectivity index (χ4v) is 3.68. The minimum Gasteiger partial charge on any atom is -0.336 e. The molecule has 0 radical (unpaired) electrons. The SMILES string of the molecule is CCC1CCCCN1C(=O)/C=C/c1c(C)nn(-c2ccccc2)c1C. The first-order valence-corrected chi connectivity index (χ1v) is 9.22. The van der Waals surface area contributed by atoms with Crippen molar-refractivity contribution in [3.8, 4) is 5.69 Å². The van der Waals surface area contributed by atoms with Crippen LogP contribution in [0.2, 0.25) is 0 Å². The molecule has 3 rings (SSSR count). The predicted octanol–water partition coefficient (Wildman–Crippen LogP) is 4.29. The molecule has 1 fully saturated rings. The van der Waals surface area contributed by atoms with Crippen molar-refractivity contribution in [1.29, 1.82) is 0 Å². The number of amides is 1. The Bertz CT molecular complexity index is 761. The molecule has 2 heterocycles. The van der Waals surface area contributed by atoms with Crippen LogP contribution in [0.15, 0.2) is 36.4 Å². The van der Waals surface area contributed by atoms with E-state index >= 15 is 0 Å². The zero-order valence-corrected chi connectivity index (χ0v) is 15.4. The number of likely N-dealkylation sites (tertiary alicyclic amines) is 1. The van der Waals surface area contributed by atoms with Gasteiger partial charge in [0.1, 0.15) is 0 Å². The van der Waals surface area contributed by atoms with Gasteiger partial charge < -0.3 is 4.90 Å². The monoisotopic (exact) mass is 337 g/mol. The molecule has 1 aliphatic rings. The fraction of sp³-hybridized carbons (Fsp3) is 0.429. The van der Waals surface area contributed by atoms with Gasteiger partial charge in [-0.2, -0.15) is 5.10 Å². The summed E-state index contributed by atoms with van der Waals surface area (Å²) in [4.78, 5) is 14.7. The minimum atomic E-state index is 0.123. The van der Waals surface area contributed by atoms with E-state index in [9.17, 15) is 4.79 Å². The summed E-state index contributed by atoms with van der Waals surface area (Å²) in [5, 5.41) is 4.64. The normalized spacial score (nSPS) is 18.0. The second-order valence-electron chi connectivity index (χ2n) is 6.75. The summed E-state index contributed by atoms with van der Waals surface area (Å²) in [7, 11) is 0. The lowest BCUT2D eigenvalue weighted by Gasteiger charge is -2.34. The van der Waals surface area contributed by atoms with Crippen LogP contribution in [0.4, 0.5) is 0 Å². The van der Waals surface area contributed by atoms with Crippen LogP contribution in [0.1, 0.15) is 49.6 Å². The zero-order valence-electron chi connectivity index (χ0n) is 15.4. The number of hydrogen-bond acceptors (Lipinski definition) is 2. The summed E-state index contributed by atoms with van der Waals surface area (Å²) < 4.78 is 1.94. The molecule has 1 saturated heterocycles. The molecule has 1 aromatic carbocycles. The maximum Gasteiger partial charge on any atom is 0.246 e. The lowest BCUT2D eigenvalue weighted by Crippen LogP contribution is -2.42. The van der Waals surface area contributed by atoms with E-state index in [4.69, 9.17) is 0 Å². The van der Waals surface area contributed by atoms with Crippen molar-refractivity contribution in [1.82, 2.24) is 14.7 Å². The van der Waals surface area contributed by atoms with Gasteiger partial charge in [0.25, 0.3) is 0 Å². The molecule has 0 bridgehead atoms. The van der Waals surface area contributed by atoms with Gasteiger partial charge in [0, 0.05) is 29.9 Å². The average molecular weight is 337 g/mol. The molecule has 4 heteroatoms. The van der Waals surface area contributed by atoms with Crippen LogP contribution in [0.3, 0.4) is 0 Å². The summed E-state index contributed by atoms with van der Waals surface area (Å²) in [6, 6.07) is 10.5. The maximum absolute atomic E-state index is 12.7. The van der Waals surface area contributed by atoms with Crippen molar-refractivity contribution >= 4 is 12.0 Å². The molecule has 1 amide bonds. The van der Waals surface area contributed by atoms with Gasteiger partial charge in [-0.15, -0.1) is 0 Å². The first-order chi connectivity index (χ1) is 12.1. The summed E-state index contributed by atoms with van der Waals surface area (Å²) in [6.07, 6.45) is 8.15. The topological polar surface area (TPSA) is 38.1 Å². The maximum atomic E-state index is 12.7. The molecule has 0 aliphatic carbocycles. The Labute approximate surface area is 150 Å². The van der Waals surface area contributed by atoms with Crippen LogP contribution in [0.25, 0.3) is 11.8 Å². The van der Waals surface area contributed by atoms with Crippen LogP contribution in [-0.4, -0.2) is 33.2 Å². The van der Waals surface area contributed by atoms with E-state index in [1.807, 2.05) is 59.8 Å². The molecule has 25 heavy (non-hydrogen) atoms. The number of piperidine rings is 1. The second-order valence-corrected chi connectivity index (χ2v) is 6.75. The van der Waals surface area contributed by atoms with Gasteiger partial charge in [0.2, 0.25) is 5.91 Å². The predicted molar refractivity (Wildman–Crippen MR) is 102 cm³/mol. The van der Waals surface area contributed by atoms with Gasteiger partial charge in [-0.1, -0.05) is 25.1 Å². The molecular formula is C21H27N3O. The Kier molecular flexibility index (Phi) is 5.37. The Morgan fingerprint density at radius 2 is 2.00 bits per heavy atom. The van der Waals surface area contributed by atoms with Crippen molar-refractivity contribution in [2.75, 3.05) is 6.54 Å². The Morgan fingerprint density at radius 1 is 1.24 bits per heavy atom. The van der Waals surface area contributed by atoms with Crippen LogP contribution in [0.5, 0.6) is 0 Å². The highest BCUT2D eigenvalue weighted by Gasteiger charge is 2.23. The first kappa shape index (κ1) is 17.5. The second kappa shape index (κ2) is 7.68. The van der Waals surface area contributed by atoms with Crippen LogP contribution >= 0.6 is 0 Å². The highest BCUT2D eigenvalue weighted by atomic mass is 16.2.